The molecule has 3 aromatic carbocycles. The summed E-state index contributed by atoms with van der Waals surface area (Å²) in [5, 5.41) is 6.93. The molecule has 1 aliphatic carbocycles. The summed E-state index contributed by atoms with van der Waals surface area (Å²) in [6, 6.07) is 26.5. The lowest BCUT2D eigenvalue weighted by Gasteiger charge is -2.37. The number of anilines is 1. The summed E-state index contributed by atoms with van der Waals surface area (Å²) in [5.74, 6) is 0.642. The highest BCUT2D eigenvalue weighted by Gasteiger charge is 2.38. The van der Waals surface area contributed by atoms with Gasteiger partial charge in [0.05, 0.1) is 12.1 Å². The molecular formula is C43H52N6O5. The van der Waals surface area contributed by atoms with Crippen LogP contribution in [0.3, 0.4) is 0 Å². The molecule has 7 rings (SSSR count). The number of carbonyl (C=O) groups excluding carboxylic acids is 3. The highest BCUT2D eigenvalue weighted by Crippen LogP contribution is 2.34. The van der Waals surface area contributed by atoms with Crippen LogP contribution in [0.25, 0.3) is 11.1 Å². The Bertz CT molecular complexity index is 1860. The number of amides is 3. The first kappa shape index (κ1) is 37.0. The van der Waals surface area contributed by atoms with Crippen LogP contribution in [0.1, 0.15) is 57.6 Å². The van der Waals surface area contributed by atoms with Gasteiger partial charge in [0.15, 0.2) is 6.10 Å². The number of aromatic nitrogens is 2. The third kappa shape index (κ3) is 9.42. The van der Waals surface area contributed by atoms with Crippen LogP contribution in [-0.4, -0.2) is 99.8 Å². The van der Waals surface area contributed by atoms with E-state index in [-0.39, 0.29) is 23.8 Å². The summed E-state index contributed by atoms with van der Waals surface area (Å²) in [4.78, 5) is 48.7. The monoisotopic (exact) mass is 732 g/mol. The lowest BCUT2D eigenvalue weighted by atomic mass is 9.95. The topological polar surface area (TPSA) is 111 Å². The first-order valence-electron chi connectivity index (χ1n) is 19.3. The lowest BCUT2D eigenvalue weighted by Crippen LogP contribution is -2.54. The normalized spacial score (nSPS) is 18.2. The molecule has 1 aromatic heterocycles. The second-order valence-electron chi connectivity index (χ2n) is 15.8. The van der Waals surface area contributed by atoms with Crippen LogP contribution in [-0.2, 0) is 27.3 Å². The van der Waals surface area contributed by atoms with Gasteiger partial charge in [-0.25, -0.2) is 4.79 Å². The Balaban J connectivity index is 1.01. The van der Waals surface area contributed by atoms with E-state index in [0.717, 1.165) is 60.2 Å². The van der Waals surface area contributed by atoms with Crippen molar-refractivity contribution in [1.29, 1.82) is 0 Å². The van der Waals surface area contributed by atoms with Gasteiger partial charge < -0.3 is 29.1 Å². The summed E-state index contributed by atoms with van der Waals surface area (Å²) in [7, 11) is 0. The van der Waals surface area contributed by atoms with Crippen molar-refractivity contribution in [3.05, 3.63) is 102 Å². The van der Waals surface area contributed by atoms with Gasteiger partial charge >= 0.3 is 6.09 Å². The number of rotatable bonds is 11. The summed E-state index contributed by atoms with van der Waals surface area (Å²) in [5.41, 5.74) is 4.68. The van der Waals surface area contributed by atoms with Crippen molar-refractivity contribution < 1.29 is 23.9 Å². The number of benzene rings is 3. The molecule has 1 saturated carbocycles. The minimum Gasteiger partial charge on any atom is -0.480 e. The van der Waals surface area contributed by atoms with Crippen LogP contribution in [0.2, 0.25) is 0 Å². The van der Waals surface area contributed by atoms with Gasteiger partial charge in [0, 0.05) is 81.8 Å². The number of ether oxygens (including phenoxy) is 2. The second kappa shape index (κ2) is 16.4. The fourth-order valence-electron chi connectivity index (χ4n) is 7.39. The molecule has 3 fully saturated rings. The van der Waals surface area contributed by atoms with Gasteiger partial charge in [-0.3, -0.25) is 14.7 Å². The zero-order valence-electron chi connectivity index (χ0n) is 31.7. The summed E-state index contributed by atoms with van der Waals surface area (Å²) in [6.45, 7) is 9.27. The molecule has 2 saturated heterocycles. The van der Waals surface area contributed by atoms with Gasteiger partial charge in [-0.1, -0.05) is 60.7 Å². The van der Waals surface area contributed by atoms with Crippen LogP contribution in [0.4, 0.5) is 10.5 Å². The molecule has 1 N–H and O–H groups in total. The molecule has 3 aliphatic rings. The van der Waals surface area contributed by atoms with E-state index in [4.69, 9.17) is 9.47 Å². The zero-order chi connectivity index (χ0) is 37.7. The maximum Gasteiger partial charge on any atom is 0.410 e. The van der Waals surface area contributed by atoms with Crippen molar-refractivity contribution in [3.8, 4) is 16.9 Å². The molecule has 11 nitrogen and oxygen atoms in total. The Hall–Kier alpha value is -5.32. The van der Waals surface area contributed by atoms with Crippen molar-refractivity contribution >= 4 is 23.6 Å². The fourth-order valence-corrected chi connectivity index (χ4v) is 7.39. The van der Waals surface area contributed by atoms with E-state index in [0.29, 0.717) is 57.5 Å². The van der Waals surface area contributed by atoms with Crippen molar-refractivity contribution in [1.82, 2.24) is 24.9 Å². The Kier molecular flexibility index (Phi) is 11.2. The van der Waals surface area contributed by atoms with Crippen molar-refractivity contribution in [2.24, 2.45) is 5.92 Å². The maximum absolute atomic E-state index is 14.1. The lowest BCUT2D eigenvalue weighted by molar-refractivity contribution is -0.140. The van der Waals surface area contributed by atoms with Gasteiger partial charge in [0.2, 0.25) is 5.91 Å². The van der Waals surface area contributed by atoms with Crippen molar-refractivity contribution in [2.75, 3.05) is 44.2 Å². The molecule has 0 radical (unpaired) electrons. The first-order chi connectivity index (χ1) is 26.1. The van der Waals surface area contributed by atoms with Crippen LogP contribution in [0.5, 0.6) is 5.75 Å². The molecule has 0 spiro atoms. The molecule has 54 heavy (non-hydrogen) atoms. The average molecular weight is 733 g/mol. The molecule has 3 heterocycles. The van der Waals surface area contributed by atoms with Crippen LogP contribution in [0, 0.1) is 5.92 Å². The number of H-pyrrole nitrogens is 1. The Morgan fingerprint density at radius 1 is 0.852 bits per heavy atom. The van der Waals surface area contributed by atoms with Gasteiger partial charge in [-0.2, -0.15) is 5.10 Å². The smallest absolute Gasteiger partial charge is 0.410 e. The minimum absolute atomic E-state index is 0.0964. The predicted octanol–water partition coefficient (Wildman–Crippen LogP) is 6.55. The van der Waals surface area contributed by atoms with E-state index in [1.165, 1.54) is 0 Å². The molecule has 0 bridgehead atoms. The third-order valence-electron chi connectivity index (χ3n) is 10.4. The molecule has 284 valence electrons. The summed E-state index contributed by atoms with van der Waals surface area (Å²) in [6.07, 6.45) is 6.90. The first-order valence-corrected chi connectivity index (χ1v) is 19.3. The van der Waals surface area contributed by atoms with E-state index in [2.05, 4.69) is 50.3 Å². The van der Waals surface area contributed by atoms with Crippen LogP contribution < -0.4 is 9.64 Å². The number of piperazine rings is 1. The van der Waals surface area contributed by atoms with Crippen LogP contribution >= 0.6 is 0 Å². The Morgan fingerprint density at radius 2 is 1.59 bits per heavy atom. The largest absolute Gasteiger partial charge is 0.480 e. The number of nitrogens with one attached hydrogen (secondary N) is 1. The molecule has 4 aromatic rings. The molecular weight excluding hydrogens is 681 g/mol. The zero-order valence-corrected chi connectivity index (χ0v) is 31.7. The molecule has 3 amide bonds. The minimum atomic E-state index is -0.743. The van der Waals surface area contributed by atoms with Crippen molar-refractivity contribution in [3.63, 3.8) is 0 Å². The summed E-state index contributed by atoms with van der Waals surface area (Å²) >= 11 is 0. The number of piperidine rings is 1. The quantitative estimate of drug-likeness (QED) is 0.186. The predicted molar refractivity (Wildman–Crippen MR) is 208 cm³/mol. The number of aromatic amines is 1. The standard InChI is InChI=1S/C43H52N6O5/c1-43(2,3)54-42(52)47-23-21-46(22-24-47)41(51)39(25-31-9-5-4-6-10-31)53-38-13-7-12-37(26-38)48-20-8-11-34(30-48)40(50)49(36-18-19-36)29-32-14-16-33(17-15-32)35-27-44-45-28-35/h4-7,9-10,12-17,26-28,34,36,39H,8,11,18-25,29-30H2,1-3H3,(H,44,45). The van der Waals surface area contributed by atoms with E-state index < -0.39 is 11.7 Å². The van der Waals surface area contributed by atoms with E-state index >= 15 is 0 Å². The van der Waals surface area contributed by atoms with E-state index in [1.807, 2.05) is 81.7 Å². The Labute approximate surface area is 318 Å². The van der Waals surface area contributed by atoms with Gasteiger partial charge in [-0.05, 0) is 75.3 Å². The molecule has 2 aliphatic heterocycles. The maximum atomic E-state index is 14.1. The number of nitrogens with zero attached hydrogens (tertiary/aromatic N) is 5. The highest BCUT2D eigenvalue weighted by atomic mass is 16.6. The number of hydrogen-bond acceptors (Lipinski definition) is 7. The fraction of sp³-hybridized carbons (Fsp3) is 0.442. The molecule has 11 heteroatoms. The van der Waals surface area contributed by atoms with E-state index in [1.54, 1.807) is 9.80 Å². The van der Waals surface area contributed by atoms with Crippen molar-refractivity contribution in [2.45, 2.75) is 77.2 Å². The van der Waals surface area contributed by atoms with Gasteiger partial charge in [0.1, 0.15) is 11.4 Å². The second-order valence-corrected chi connectivity index (χ2v) is 15.8. The SMILES string of the molecule is CC(C)(C)OC(=O)N1CCN(C(=O)C(Cc2ccccc2)Oc2cccc(N3CCCC(C(=O)N(Cc4ccc(-c5cn[nH]c5)cc4)C4CC4)C3)c2)CC1. The summed E-state index contributed by atoms with van der Waals surface area (Å²) < 4.78 is 12.1. The van der Waals surface area contributed by atoms with Gasteiger partial charge in [0.25, 0.3) is 5.91 Å². The van der Waals surface area contributed by atoms with Gasteiger partial charge in [-0.15, -0.1) is 0 Å². The molecule has 2 unspecified atom stereocenters. The van der Waals surface area contributed by atoms with E-state index in [9.17, 15) is 14.4 Å². The average Bonchev–Trinajstić information content (AvgIpc) is 3.88. The third-order valence-corrected chi connectivity index (χ3v) is 10.4. The number of hydrogen-bond donors (Lipinski definition) is 1. The molecule has 2 atom stereocenters. The van der Waals surface area contributed by atoms with Crippen LogP contribution in [0.15, 0.2) is 91.3 Å². The highest BCUT2D eigenvalue weighted by molar-refractivity contribution is 5.82. The Morgan fingerprint density at radius 3 is 2.28 bits per heavy atom. The number of carbonyl (C=O) groups is 3.